The fraction of sp³-hybridized carbons (Fsp3) is 0.556. The molecule has 6 heteroatoms. The first kappa shape index (κ1) is 15.4. The van der Waals surface area contributed by atoms with Gasteiger partial charge in [0.25, 0.3) is 0 Å². The molecule has 1 aromatic heterocycles. The van der Waals surface area contributed by atoms with Gasteiger partial charge in [-0.25, -0.2) is 9.97 Å². The average Bonchev–Trinajstić information content (AvgIpc) is 3.18. The van der Waals surface area contributed by atoms with Crippen LogP contribution in [0.2, 0.25) is 0 Å². The molecular formula is C18H26N6. The minimum absolute atomic E-state index is 0.432. The first-order chi connectivity index (χ1) is 11.9. The molecule has 2 saturated heterocycles. The van der Waals surface area contributed by atoms with Crippen molar-refractivity contribution in [1.29, 1.82) is 0 Å². The van der Waals surface area contributed by atoms with Crippen LogP contribution in [-0.4, -0.2) is 48.7 Å². The van der Waals surface area contributed by atoms with Crippen LogP contribution in [0.1, 0.15) is 25.7 Å². The first-order valence-electron chi connectivity index (χ1n) is 9.09. The Morgan fingerprint density at radius 3 is 2.83 bits per heavy atom. The van der Waals surface area contributed by atoms with Gasteiger partial charge in [0.15, 0.2) is 17.5 Å². The third-order valence-corrected chi connectivity index (χ3v) is 4.89. The summed E-state index contributed by atoms with van der Waals surface area (Å²) >= 11 is 0. The molecule has 2 N–H and O–H groups in total. The highest BCUT2D eigenvalue weighted by Crippen LogP contribution is 2.28. The molecule has 0 aromatic carbocycles. The van der Waals surface area contributed by atoms with Gasteiger partial charge in [-0.05, 0) is 38.3 Å². The van der Waals surface area contributed by atoms with E-state index in [4.69, 9.17) is 9.97 Å². The normalized spacial score (nSPS) is 23.8. The molecule has 0 saturated carbocycles. The number of anilines is 3. The van der Waals surface area contributed by atoms with E-state index in [1.54, 1.807) is 0 Å². The summed E-state index contributed by atoms with van der Waals surface area (Å²) in [6.07, 6.45) is 15.1. The highest BCUT2D eigenvalue weighted by atomic mass is 15.3. The van der Waals surface area contributed by atoms with Crippen molar-refractivity contribution in [3.05, 3.63) is 30.6 Å². The van der Waals surface area contributed by atoms with Gasteiger partial charge in [0, 0.05) is 38.4 Å². The zero-order valence-electron chi connectivity index (χ0n) is 14.1. The number of nitrogens with one attached hydrogen (secondary N) is 2. The molecule has 3 aliphatic rings. The number of nitrogens with zero attached hydrogens (tertiary/aromatic N) is 4. The maximum Gasteiger partial charge on any atom is 0.171 e. The standard InChI is InChI=1S/C18H26N6/c1-2-9-23(10-3-1)16-14-20-18(24-11-4-5-12-24)17(22-16)21-15-7-6-8-19-13-15/h1-3,9,14-15,19H,4-8,10-13H2,(H,21,22). The molecule has 0 bridgehead atoms. The first-order valence-corrected chi connectivity index (χ1v) is 9.09. The Balaban J connectivity index is 1.60. The molecule has 128 valence electrons. The van der Waals surface area contributed by atoms with Crippen LogP contribution >= 0.6 is 0 Å². The molecular weight excluding hydrogens is 300 g/mol. The van der Waals surface area contributed by atoms with E-state index in [-0.39, 0.29) is 0 Å². The van der Waals surface area contributed by atoms with Gasteiger partial charge in [-0.15, -0.1) is 0 Å². The maximum atomic E-state index is 4.93. The largest absolute Gasteiger partial charge is 0.363 e. The van der Waals surface area contributed by atoms with Gasteiger partial charge in [-0.1, -0.05) is 12.2 Å². The van der Waals surface area contributed by atoms with Crippen molar-refractivity contribution >= 4 is 17.5 Å². The Labute approximate surface area is 143 Å². The minimum atomic E-state index is 0.432. The van der Waals surface area contributed by atoms with Crippen LogP contribution < -0.4 is 20.4 Å². The molecule has 3 aliphatic heterocycles. The van der Waals surface area contributed by atoms with Gasteiger partial charge in [-0.2, -0.15) is 0 Å². The molecule has 4 heterocycles. The summed E-state index contributed by atoms with van der Waals surface area (Å²) in [6.45, 7) is 5.13. The molecule has 0 aliphatic carbocycles. The Hall–Kier alpha value is -2.08. The number of allylic oxidation sites excluding steroid dienone is 2. The molecule has 1 aromatic rings. The van der Waals surface area contributed by atoms with Gasteiger partial charge >= 0.3 is 0 Å². The van der Waals surface area contributed by atoms with Crippen molar-refractivity contribution in [1.82, 2.24) is 15.3 Å². The van der Waals surface area contributed by atoms with E-state index in [0.717, 1.165) is 50.2 Å². The number of rotatable bonds is 4. The van der Waals surface area contributed by atoms with Gasteiger partial charge < -0.3 is 20.4 Å². The summed E-state index contributed by atoms with van der Waals surface area (Å²) in [5.74, 6) is 2.86. The molecule has 6 nitrogen and oxygen atoms in total. The predicted molar refractivity (Wildman–Crippen MR) is 98.6 cm³/mol. The molecule has 24 heavy (non-hydrogen) atoms. The lowest BCUT2D eigenvalue weighted by atomic mass is 10.1. The van der Waals surface area contributed by atoms with Crippen LogP contribution in [0.3, 0.4) is 0 Å². The SMILES string of the molecule is C1=CCN(c2cnc(N3CCCC3)c(NC3CCCNC3)n2)C=C1. The molecule has 1 unspecified atom stereocenters. The van der Waals surface area contributed by atoms with Crippen LogP contribution in [0, 0.1) is 0 Å². The second-order valence-electron chi connectivity index (χ2n) is 6.70. The van der Waals surface area contributed by atoms with E-state index in [0.29, 0.717) is 6.04 Å². The zero-order chi connectivity index (χ0) is 16.2. The van der Waals surface area contributed by atoms with Crippen LogP contribution in [0.4, 0.5) is 17.5 Å². The number of hydrogen-bond donors (Lipinski definition) is 2. The molecule has 0 radical (unpaired) electrons. The van der Waals surface area contributed by atoms with E-state index in [1.165, 1.54) is 25.7 Å². The lowest BCUT2D eigenvalue weighted by Crippen LogP contribution is -2.39. The number of hydrogen-bond acceptors (Lipinski definition) is 6. The van der Waals surface area contributed by atoms with E-state index in [1.807, 2.05) is 12.3 Å². The summed E-state index contributed by atoms with van der Waals surface area (Å²) < 4.78 is 0. The summed E-state index contributed by atoms with van der Waals surface area (Å²) in [7, 11) is 0. The monoisotopic (exact) mass is 326 g/mol. The van der Waals surface area contributed by atoms with Gasteiger partial charge in [0.2, 0.25) is 0 Å². The van der Waals surface area contributed by atoms with Crippen molar-refractivity contribution in [3.8, 4) is 0 Å². The lowest BCUT2D eigenvalue weighted by molar-refractivity contribution is 0.479. The molecule has 2 fully saturated rings. The second kappa shape index (κ2) is 7.21. The van der Waals surface area contributed by atoms with E-state index in [2.05, 4.69) is 38.8 Å². The van der Waals surface area contributed by atoms with Crippen LogP contribution in [0.25, 0.3) is 0 Å². The highest BCUT2D eigenvalue weighted by molar-refractivity contribution is 5.65. The summed E-state index contributed by atoms with van der Waals surface area (Å²) in [5, 5.41) is 7.13. The molecule has 4 rings (SSSR count). The number of aromatic nitrogens is 2. The minimum Gasteiger partial charge on any atom is -0.363 e. The average molecular weight is 326 g/mol. The van der Waals surface area contributed by atoms with Crippen molar-refractivity contribution in [2.24, 2.45) is 0 Å². The van der Waals surface area contributed by atoms with Crippen LogP contribution in [-0.2, 0) is 0 Å². The van der Waals surface area contributed by atoms with Gasteiger partial charge in [-0.3, -0.25) is 0 Å². The Kier molecular flexibility index (Phi) is 4.64. The van der Waals surface area contributed by atoms with Crippen molar-refractivity contribution < 1.29 is 0 Å². The summed E-state index contributed by atoms with van der Waals surface area (Å²) in [5.41, 5.74) is 0. The summed E-state index contributed by atoms with van der Waals surface area (Å²) in [4.78, 5) is 14.2. The Bertz CT molecular complexity index is 614. The molecule has 0 amide bonds. The highest BCUT2D eigenvalue weighted by Gasteiger charge is 2.22. The van der Waals surface area contributed by atoms with Crippen molar-refractivity contribution in [2.45, 2.75) is 31.7 Å². The van der Waals surface area contributed by atoms with Crippen molar-refractivity contribution in [3.63, 3.8) is 0 Å². The van der Waals surface area contributed by atoms with E-state index in [9.17, 15) is 0 Å². The molecule has 1 atom stereocenters. The van der Waals surface area contributed by atoms with Gasteiger partial charge in [0.05, 0.1) is 6.20 Å². The van der Waals surface area contributed by atoms with E-state index >= 15 is 0 Å². The predicted octanol–water partition coefficient (Wildman–Crippen LogP) is 2.13. The topological polar surface area (TPSA) is 56.3 Å². The smallest absolute Gasteiger partial charge is 0.171 e. The van der Waals surface area contributed by atoms with E-state index < -0.39 is 0 Å². The van der Waals surface area contributed by atoms with Crippen LogP contribution in [0.5, 0.6) is 0 Å². The lowest BCUT2D eigenvalue weighted by Gasteiger charge is -2.28. The van der Waals surface area contributed by atoms with Crippen molar-refractivity contribution in [2.75, 3.05) is 47.8 Å². The fourth-order valence-electron chi connectivity index (χ4n) is 3.57. The third-order valence-electron chi connectivity index (χ3n) is 4.89. The summed E-state index contributed by atoms with van der Waals surface area (Å²) in [6, 6.07) is 0.432. The Morgan fingerprint density at radius 2 is 2.08 bits per heavy atom. The van der Waals surface area contributed by atoms with Gasteiger partial charge in [0.1, 0.15) is 0 Å². The second-order valence-corrected chi connectivity index (χ2v) is 6.70. The third kappa shape index (κ3) is 3.38. The molecule has 0 spiro atoms. The maximum absolute atomic E-state index is 4.93. The quantitative estimate of drug-likeness (QED) is 0.884. The fourth-order valence-corrected chi connectivity index (χ4v) is 3.57. The van der Waals surface area contributed by atoms with Crippen LogP contribution in [0.15, 0.2) is 30.6 Å². The Morgan fingerprint density at radius 1 is 1.17 bits per heavy atom. The zero-order valence-corrected chi connectivity index (χ0v) is 14.1. The number of piperidine rings is 1.